The largest absolute Gasteiger partial charge is 0.418 e. The predicted molar refractivity (Wildman–Crippen MR) is 100 cm³/mol. The Labute approximate surface area is 159 Å². The van der Waals surface area contributed by atoms with Crippen LogP contribution in [-0.4, -0.2) is 35.1 Å². The third-order valence-corrected chi connectivity index (χ3v) is 4.20. The molecule has 136 valence electrons. The number of amides is 1. The molecule has 1 amide bonds. The van der Waals surface area contributed by atoms with Gasteiger partial charge in [-0.15, -0.1) is 0 Å². The number of nitrogens with one attached hydrogen (secondary N) is 1. The van der Waals surface area contributed by atoms with E-state index in [2.05, 4.69) is 36.2 Å². The Kier molecular flexibility index (Phi) is 5.19. The molecule has 26 heavy (non-hydrogen) atoms. The number of anilines is 1. The molecule has 1 aliphatic heterocycles. The van der Waals surface area contributed by atoms with Crippen LogP contribution in [0.1, 0.15) is 18.2 Å². The van der Waals surface area contributed by atoms with E-state index in [-0.39, 0.29) is 5.88 Å². The zero-order valence-corrected chi connectivity index (χ0v) is 15.9. The van der Waals surface area contributed by atoms with E-state index in [1.165, 1.54) is 12.4 Å². The molecule has 1 aliphatic rings. The minimum absolute atomic E-state index is 0.119. The maximum atomic E-state index is 12.1. The second-order valence-corrected chi connectivity index (χ2v) is 7.02. The van der Waals surface area contributed by atoms with Crippen molar-refractivity contribution < 1.29 is 14.3 Å². The summed E-state index contributed by atoms with van der Waals surface area (Å²) in [7, 11) is 0. The van der Waals surface area contributed by atoms with Crippen molar-refractivity contribution >= 4 is 33.5 Å². The summed E-state index contributed by atoms with van der Waals surface area (Å²) < 4.78 is 11.4. The highest BCUT2D eigenvalue weighted by molar-refractivity contribution is 9.10. The Bertz CT molecular complexity index is 856. The highest BCUT2D eigenvalue weighted by atomic mass is 79.9. The fraction of sp³-hybridized carbons (Fsp3) is 0.294. The van der Waals surface area contributed by atoms with Gasteiger partial charge in [0.25, 0.3) is 0 Å². The molecule has 0 aliphatic carbocycles. The normalized spacial score (nSPS) is 19.6. The molecule has 0 saturated heterocycles. The van der Waals surface area contributed by atoms with Crippen molar-refractivity contribution in [3.8, 4) is 5.88 Å². The first kappa shape index (κ1) is 18.3. The minimum Gasteiger partial charge on any atom is -0.389 e. The number of hydrogen-bond donors (Lipinski definition) is 2. The molecule has 2 aromatic rings. The smallest absolute Gasteiger partial charge is 0.389 e. The third-order valence-electron chi connectivity index (χ3n) is 3.74. The molecule has 0 unspecified atom stereocenters. The third kappa shape index (κ3) is 4.36. The second kappa shape index (κ2) is 7.38. The number of aryl methyl sites for hydroxylation is 1. The molecular formula is C17H18BrN5O3. The van der Waals surface area contributed by atoms with Crippen LogP contribution in [0, 0.1) is 6.92 Å². The number of aliphatic imine (C=N–C) groups is 1. The highest BCUT2D eigenvalue weighted by Gasteiger charge is 2.30. The lowest BCUT2D eigenvalue weighted by atomic mass is 9.92. The van der Waals surface area contributed by atoms with Crippen LogP contribution >= 0.6 is 15.9 Å². The minimum atomic E-state index is -0.666. The fourth-order valence-electron chi connectivity index (χ4n) is 2.53. The molecule has 1 aromatic carbocycles. The van der Waals surface area contributed by atoms with Gasteiger partial charge in [-0.1, -0.05) is 15.9 Å². The number of halogens is 1. The Morgan fingerprint density at radius 3 is 2.85 bits per heavy atom. The molecule has 1 atom stereocenters. The number of nitrogens with zero attached hydrogens (tertiary/aromatic N) is 3. The van der Waals surface area contributed by atoms with Gasteiger partial charge in [0.15, 0.2) is 0 Å². The number of carbonyl (C=O) groups excluding carboxylic acids is 1. The van der Waals surface area contributed by atoms with E-state index in [0.29, 0.717) is 24.7 Å². The molecule has 0 radical (unpaired) electrons. The van der Waals surface area contributed by atoms with E-state index in [1.54, 1.807) is 19.1 Å². The summed E-state index contributed by atoms with van der Waals surface area (Å²) in [6, 6.07) is 5.47. The van der Waals surface area contributed by atoms with Crippen molar-refractivity contribution in [2.24, 2.45) is 10.7 Å². The summed E-state index contributed by atoms with van der Waals surface area (Å²) in [6.07, 6.45) is 2.24. The number of amidine groups is 1. The van der Waals surface area contributed by atoms with Gasteiger partial charge in [0, 0.05) is 10.2 Å². The zero-order chi connectivity index (χ0) is 18.7. The first-order valence-electron chi connectivity index (χ1n) is 7.84. The van der Waals surface area contributed by atoms with E-state index >= 15 is 0 Å². The number of aromatic nitrogens is 2. The van der Waals surface area contributed by atoms with Gasteiger partial charge in [-0.3, -0.25) is 15.3 Å². The SMILES string of the molecule is Cc1cnc(OC(=O)Nc2cc(Br)cc([C@]3(C)COCC(N)=N3)c2)cn1. The molecule has 0 fully saturated rings. The molecule has 9 heteroatoms. The second-order valence-electron chi connectivity index (χ2n) is 6.11. The van der Waals surface area contributed by atoms with Crippen molar-refractivity contribution in [2.45, 2.75) is 19.4 Å². The Morgan fingerprint density at radius 1 is 1.35 bits per heavy atom. The monoisotopic (exact) mass is 419 g/mol. The number of hydrogen-bond acceptors (Lipinski definition) is 7. The Balaban J connectivity index is 1.78. The summed E-state index contributed by atoms with van der Waals surface area (Å²) >= 11 is 3.45. The lowest BCUT2D eigenvalue weighted by Crippen LogP contribution is -2.37. The lowest BCUT2D eigenvalue weighted by Gasteiger charge is -2.30. The van der Waals surface area contributed by atoms with E-state index in [0.717, 1.165) is 15.7 Å². The zero-order valence-electron chi connectivity index (χ0n) is 14.3. The summed E-state index contributed by atoms with van der Waals surface area (Å²) in [4.78, 5) is 24.6. The van der Waals surface area contributed by atoms with Crippen LogP contribution in [0.3, 0.4) is 0 Å². The molecule has 2 heterocycles. The van der Waals surface area contributed by atoms with Gasteiger partial charge in [0.1, 0.15) is 18.0 Å². The lowest BCUT2D eigenvalue weighted by molar-refractivity contribution is 0.106. The molecule has 3 N–H and O–H groups in total. The topological polar surface area (TPSA) is 112 Å². The average Bonchev–Trinajstić information content (AvgIpc) is 2.56. The van der Waals surface area contributed by atoms with Gasteiger partial charge in [0.05, 0.1) is 24.7 Å². The van der Waals surface area contributed by atoms with Crippen molar-refractivity contribution in [1.82, 2.24) is 9.97 Å². The number of ether oxygens (including phenoxy) is 2. The average molecular weight is 420 g/mol. The van der Waals surface area contributed by atoms with E-state index in [1.807, 2.05) is 13.0 Å². The van der Waals surface area contributed by atoms with Crippen LogP contribution in [-0.2, 0) is 10.3 Å². The first-order valence-corrected chi connectivity index (χ1v) is 8.64. The quantitative estimate of drug-likeness (QED) is 0.790. The maximum Gasteiger partial charge on any atom is 0.418 e. The molecule has 0 bridgehead atoms. The van der Waals surface area contributed by atoms with Gasteiger partial charge in [-0.25, -0.2) is 9.78 Å². The Hall–Kier alpha value is -2.52. The van der Waals surface area contributed by atoms with E-state index in [9.17, 15) is 4.79 Å². The van der Waals surface area contributed by atoms with E-state index in [4.69, 9.17) is 15.2 Å². The van der Waals surface area contributed by atoms with Gasteiger partial charge < -0.3 is 15.2 Å². The van der Waals surface area contributed by atoms with Crippen LogP contribution in [0.25, 0.3) is 0 Å². The number of nitrogens with two attached hydrogens (primary N) is 1. The highest BCUT2D eigenvalue weighted by Crippen LogP contribution is 2.32. The first-order chi connectivity index (χ1) is 12.3. The summed E-state index contributed by atoms with van der Waals surface area (Å²) in [6.45, 7) is 4.43. The standard InChI is InChI=1S/C17H18BrN5O3/c1-10-6-21-15(7-20-10)26-16(24)22-13-4-11(3-12(18)5-13)17(2)9-25-8-14(19)23-17/h3-7H,8-9H2,1-2H3,(H2,19,23)(H,22,24)/t17-/m0/s1. The van der Waals surface area contributed by atoms with E-state index < -0.39 is 11.6 Å². The maximum absolute atomic E-state index is 12.1. The number of carbonyl (C=O) groups is 1. The van der Waals surface area contributed by atoms with Crippen molar-refractivity contribution in [3.05, 3.63) is 46.3 Å². The molecule has 3 rings (SSSR count). The summed E-state index contributed by atoms with van der Waals surface area (Å²) in [5.74, 6) is 0.555. The molecule has 1 aromatic heterocycles. The van der Waals surface area contributed by atoms with Crippen molar-refractivity contribution in [3.63, 3.8) is 0 Å². The Morgan fingerprint density at radius 2 is 2.15 bits per heavy atom. The fourth-order valence-corrected chi connectivity index (χ4v) is 3.02. The molecule has 0 spiro atoms. The molecule has 0 saturated carbocycles. The summed E-state index contributed by atoms with van der Waals surface area (Å²) in [5.41, 5.74) is 7.30. The van der Waals surface area contributed by atoms with Crippen LogP contribution in [0.2, 0.25) is 0 Å². The van der Waals surface area contributed by atoms with Gasteiger partial charge >= 0.3 is 6.09 Å². The van der Waals surface area contributed by atoms with Crippen molar-refractivity contribution in [2.75, 3.05) is 18.5 Å². The van der Waals surface area contributed by atoms with Gasteiger partial charge in [0.2, 0.25) is 5.88 Å². The van der Waals surface area contributed by atoms with Gasteiger partial charge in [-0.05, 0) is 37.6 Å². The van der Waals surface area contributed by atoms with Crippen LogP contribution in [0.15, 0.2) is 40.1 Å². The number of rotatable bonds is 3. The predicted octanol–water partition coefficient (Wildman–Crippen LogP) is 2.76. The molecular weight excluding hydrogens is 402 g/mol. The summed E-state index contributed by atoms with van der Waals surface area (Å²) in [5, 5.41) is 2.67. The van der Waals surface area contributed by atoms with Crippen LogP contribution in [0.4, 0.5) is 10.5 Å². The van der Waals surface area contributed by atoms with Crippen molar-refractivity contribution in [1.29, 1.82) is 0 Å². The number of benzene rings is 1. The molecule has 8 nitrogen and oxygen atoms in total. The van der Waals surface area contributed by atoms with Gasteiger partial charge in [-0.2, -0.15) is 0 Å². The van der Waals surface area contributed by atoms with Crippen LogP contribution < -0.4 is 15.8 Å². The van der Waals surface area contributed by atoms with Crippen LogP contribution in [0.5, 0.6) is 5.88 Å².